The van der Waals surface area contributed by atoms with E-state index in [0.29, 0.717) is 31.1 Å². The van der Waals surface area contributed by atoms with E-state index in [1.54, 1.807) is 0 Å². The largest absolute Gasteiger partial charge is 0.337 e. The molecule has 1 unspecified atom stereocenters. The molecule has 5 nitrogen and oxygen atoms in total. The van der Waals surface area contributed by atoms with Gasteiger partial charge in [-0.3, -0.25) is 4.79 Å². The summed E-state index contributed by atoms with van der Waals surface area (Å²) >= 11 is 0. The van der Waals surface area contributed by atoms with Crippen LogP contribution in [0.15, 0.2) is 59.1 Å². The molecule has 0 N–H and O–H groups in total. The molecule has 2 aromatic carbocycles. The van der Waals surface area contributed by atoms with Crippen LogP contribution in [0.25, 0.3) is 11.4 Å². The highest BCUT2D eigenvalue weighted by Crippen LogP contribution is 2.34. The number of nitrogens with zero attached hydrogens (tertiary/aromatic N) is 3. The highest BCUT2D eigenvalue weighted by Gasteiger charge is 2.35. The summed E-state index contributed by atoms with van der Waals surface area (Å²) in [6, 6.07) is 17.8. The molecule has 25 heavy (non-hydrogen) atoms. The Labute approximate surface area is 146 Å². The molecule has 1 aliphatic heterocycles. The lowest BCUT2D eigenvalue weighted by Gasteiger charge is -2.22. The highest BCUT2D eigenvalue weighted by molar-refractivity contribution is 5.78. The highest BCUT2D eigenvalue weighted by atomic mass is 16.5. The van der Waals surface area contributed by atoms with Crippen LogP contribution in [0.2, 0.25) is 0 Å². The maximum atomic E-state index is 12.3. The molecule has 0 saturated carbocycles. The average Bonchev–Trinajstić information content (AvgIpc) is 3.25. The molecule has 4 rings (SSSR count). The third-order valence-corrected chi connectivity index (χ3v) is 4.56. The number of carbonyl (C=O) groups is 1. The van der Waals surface area contributed by atoms with Crippen molar-refractivity contribution in [3.8, 4) is 11.4 Å². The Hall–Kier alpha value is -2.95. The molecule has 1 fully saturated rings. The molecule has 1 amide bonds. The van der Waals surface area contributed by atoms with Gasteiger partial charge in [0, 0.05) is 18.5 Å². The van der Waals surface area contributed by atoms with E-state index in [2.05, 4.69) is 41.3 Å². The van der Waals surface area contributed by atoms with Gasteiger partial charge in [0.05, 0.1) is 0 Å². The number of aryl methyl sites for hydroxylation is 1. The number of benzene rings is 2. The van der Waals surface area contributed by atoms with Gasteiger partial charge in [0.1, 0.15) is 6.04 Å². The first kappa shape index (κ1) is 15.6. The van der Waals surface area contributed by atoms with Gasteiger partial charge >= 0.3 is 0 Å². The van der Waals surface area contributed by atoms with Crippen LogP contribution in [0, 0.1) is 6.92 Å². The van der Waals surface area contributed by atoms with Crippen LogP contribution in [0.1, 0.15) is 35.9 Å². The van der Waals surface area contributed by atoms with E-state index in [4.69, 9.17) is 4.52 Å². The number of hydrogen-bond acceptors (Lipinski definition) is 4. The fourth-order valence-corrected chi connectivity index (χ4v) is 3.15. The first-order chi connectivity index (χ1) is 12.2. The van der Waals surface area contributed by atoms with Crippen LogP contribution in [0.4, 0.5) is 0 Å². The SMILES string of the molecule is Cc1ccc(CN2C(=O)CCC2c2nc(-c3ccccc3)no2)cc1. The predicted octanol–water partition coefficient (Wildman–Crippen LogP) is 3.91. The monoisotopic (exact) mass is 333 g/mol. The van der Waals surface area contributed by atoms with Crippen LogP contribution < -0.4 is 0 Å². The first-order valence-corrected chi connectivity index (χ1v) is 8.45. The van der Waals surface area contributed by atoms with Crippen LogP contribution >= 0.6 is 0 Å². The first-order valence-electron chi connectivity index (χ1n) is 8.45. The minimum absolute atomic E-state index is 0.130. The minimum Gasteiger partial charge on any atom is -0.337 e. The van der Waals surface area contributed by atoms with Gasteiger partial charge in [-0.2, -0.15) is 4.98 Å². The van der Waals surface area contributed by atoms with Crippen molar-refractivity contribution < 1.29 is 9.32 Å². The van der Waals surface area contributed by atoms with Crippen molar-refractivity contribution in [3.63, 3.8) is 0 Å². The van der Waals surface area contributed by atoms with E-state index >= 15 is 0 Å². The molecule has 0 spiro atoms. The van der Waals surface area contributed by atoms with Gasteiger partial charge in [0.2, 0.25) is 17.6 Å². The fraction of sp³-hybridized carbons (Fsp3) is 0.250. The quantitative estimate of drug-likeness (QED) is 0.726. The van der Waals surface area contributed by atoms with Crippen molar-refractivity contribution in [1.82, 2.24) is 15.0 Å². The second-order valence-corrected chi connectivity index (χ2v) is 6.38. The van der Waals surface area contributed by atoms with E-state index < -0.39 is 0 Å². The van der Waals surface area contributed by atoms with Gasteiger partial charge in [-0.25, -0.2) is 0 Å². The summed E-state index contributed by atoms with van der Waals surface area (Å²) in [5, 5.41) is 4.09. The van der Waals surface area contributed by atoms with Crippen LogP contribution in [-0.4, -0.2) is 20.9 Å². The Kier molecular flexibility index (Phi) is 4.06. The van der Waals surface area contributed by atoms with Crippen molar-refractivity contribution in [2.24, 2.45) is 0 Å². The summed E-state index contributed by atoms with van der Waals surface area (Å²) in [7, 11) is 0. The second-order valence-electron chi connectivity index (χ2n) is 6.38. The predicted molar refractivity (Wildman–Crippen MR) is 93.4 cm³/mol. The lowest BCUT2D eigenvalue weighted by molar-refractivity contribution is -0.129. The van der Waals surface area contributed by atoms with E-state index in [1.807, 2.05) is 35.2 Å². The third kappa shape index (κ3) is 3.18. The van der Waals surface area contributed by atoms with Gasteiger partial charge < -0.3 is 9.42 Å². The van der Waals surface area contributed by atoms with Crippen molar-refractivity contribution in [2.45, 2.75) is 32.4 Å². The normalized spacial score (nSPS) is 17.2. The summed E-state index contributed by atoms with van der Waals surface area (Å²) in [6.07, 6.45) is 1.22. The van der Waals surface area contributed by atoms with Gasteiger partial charge in [-0.15, -0.1) is 0 Å². The number of likely N-dealkylation sites (tertiary alicyclic amines) is 1. The maximum absolute atomic E-state index is 12.3. The number of amides is 1. The Morgan fingerprint density at radius 1 is 1.12 bits per heavy atom. The molecular weight excluding hydrogens is 314 g/mol. The van der Waals surface area contributed by atoms with Gasteiger partial charge in [0.25, 0.3) is 0 Å². The third-order valence-electron chi connectivity index (χ3n) is 4.56. The Balaban J connectivity index is 1.57. The summed E-state index contributed by atoms with van der Waals surface area (Å²) in [6.45, 7) is 2.62. The Bertz CT molecular complexity index is 871. The smallest absolute Gasteiger partial charge is 0.249 e. The van der Waals surface area contributed by atoms with Crippen molar-refractivity contribution >= 4 is 5.91 Å². The summed E-state index contributed by atoms with van der Waals surface area (Å²) < 4.78 is 5.48. The number of rotatable bonds is 4. The van der Waals surface area contributed by atoms with Crippen LogP contribution in [0.3, 0.4) is 0 Å². The van der Waals surface area contributed by atoms with Crippen molar-refractivity contribution in [1.29, 1.82) is 0 Å². The topological polar surface area (TPSA) is 59.2 Å². The van der Waals surface area contributed by atoms with Crippen molar-refractivity contribution in [2.75, 3.05) is 0 Å². The summed E-state index contributed by atoms with van der Waals surface area (Å²) in [5.41, 5.74) is 3.22. The van der Waals surface area contributed by atoms with Crippen LogP contribution in [-0.2, 0) is 11.3 Å². The lowest BCUT2D eigenvalue weighted by Crippen LogP contribution is -2.27. The van der Waals surface area contributed by atoms with E-state index in [0.717, 1.165) is 11.1 Å². The van der Waals surface area contributed by atoms with Gasteiger partial charge in [-0.1, -0.05) is 65.3 Å². The second kappa shape index (κ2) is 6.51. The molecular formula is C20H19N3O2. The zero-order valence-corrected chi connectivity index (χ0v) is 14.1. The Morgan fingerprint density at radius 2 is 1.88 bits per heavy atom. The molecule has 1 atom stereocenters. The van der Waals surface area contributed by atoms with Gasteiger partial charge in [-0.05, 0) is 18.9 Å². The maximum Gasteiger partial charge on any atom is 0.249 e. The minimum atomic E-state index is -0.154. The number of hydrogen-bond donors (Lipinski definition) is 0. The number of aromatic nitrogens is 2. The molecule has 126 valence electrons. The van der Waals surface area contributed by atoms with Crippen LogP contribution in [0.5, 0.6) is 0 Å². The zero-order chi connectivity index (χ0) is 17.2. The zero-order valence-electron chi connectivity index (χ0n) is 14.1. The molecule has 0 aliphatic carbocycles. The van der Waals surface area contributed by atoms with Crippen molar-refractivity contribution in [3.05, 3.63) is 71.6 Å². The average molecular weight is 333 g/mol. The van der Waals surface area contributed by atoms with E-state index in [-0.39, 0.29) is 11.9 Å². The fourth-order valence-electron chi connectivity index (χ4n) is 3.15. The molecule has 3 aromatic rings. The standard InChI is InChI=1S/C20H19N3O2/c1-14-7-9-15(10-8-14)13-23-17(11-12-18(23)24)20-21-19(22-25-20)16-5-3-2-4-6-16/h2-10,17H,11-13H2,1H3. The van der Waals surface area contributed by atoms with E-state index in [9.17, 15) is 4.79 Å². The Morgan fingerprint density at radius 3 is 2.64 bits per heavy atom. The molecule has 2 heterocycles. The molecule has 5 heteroatoms. The summed E-state index contributed by atoms with van der Waals surface area (Å²) in [5.74, 6) is 1.20. The van der Waals surface area contributed by atoms with Gasteiger partial charge in [0.15, 0.2) is 0 Å². The summed E-state index contributed by atoms with van der Waals surface area (Å²) in [4.78, 5) is 18.7. The molecule has 0 radical (unpaired) electrons. The molecule has 1 aromatic heterocycles. The lowest BCUT2D eigenvalue weighted by atomic mass is 10.1. The number of carbonyl (C=O) groups excluding carboxylic acids is 1. The molecule has 0 bridgehead atoms. The molecule has 1 aliphatic rings. The molecule has 1 saturated heterocycles. The van der Waals surface area contributed by atoms with E-state index in [1.165, 1.54) is 5.56 Å².